The standard InChI is InChI=1S/C20H28O2/c1-6-7-8-9-19-18(15(5)21)12-16-10-14(4)11-17(13(2)3)20(16)22-19/h10-11,13H,6-9,12H2,1-5H3. The average Bonchev–Trinajstić information content (AvgIpc) is 2.45. The van der Waals surface area contributed by atoms with E-state index in [4.69, 9.17) is 4.74 Å². The molecule has 0 aliphatic carbocycles. The van der Waals surface area contributed by atoms with Crippen LogP contribution >= 0.6 is 0 Å². The van der Waals surface area contributed by atoms with Crippen molar-refractivity contribution in [2.75, 3.05) is 0 Å². The topological polar surface area (TPSA) is 26.3 Å². The van der Waals surface area contributed by atoms with E-state index in [0.717, 1.165) is 35.5 Å². The van der Waals surface area contributed by atoms with Gasteiger partial charge in [-0.15, -0.1) is 0 Å². The normalized spacial score (nSPS) is 14.1. The largest absolute Gasteiger partial charge is 0.461 e. The summed E-state index contributed by atoms with van der Waals surface area (Å²) < 4.78 is 6.26. The lowest BCUT2D eigenvalue weighted by Gasteiger charge is -2.26. The minimum absolute atomic E-state index is 0.143. The van der Waals surface area contributed by atoms with Gasteiger partial charge in [0.1, 0.15) is 11.5 Å². The van der Waals surface area contributed by atoms with E-state index in [1.54, 1.807) is 6.92 Å². The fourth-order valence-corrected chi connectivity index (χ4v) is 3.10. The Bertz CT molecular complexity index is 594. The first-order valence-electron chi connectivity index (χ1n) is 8.48. The van der Waals surface area contributed by atoms with Crippen molar-refractivity contribution in [1.29, 1.82) is 0 Å². The molecule has 1 aliphatic rings. The molecule has 0 spiro atoms. The van der Waals surface area contributed by atoms with Crippen molar-refractivity contribution in [3.8, 4) is 5.75 Å². The minimum atomic E-state index is 0.143. The highest BCUT2D eigenvalue weighted by molar-refractivity contribution is 5.94. The Morgan fingerprint density at radius 3 is 2.59 bits per heavy atom. The zero-order valence-corrected chi connectivity index (χ0v) is 14.6. The summed E-state index contributed by atoms with van der Waals surface area (Å²) in [7, 11) is 0. The number of carbonyl (C=O) groups excluding carboxylic acids is 1. The number of rotatable bonds is 6. The number of unbranched alkanes of at least 4 members (excludes halogenated alkanes) is 2. The van der Waals surface area contributed by atoms with Crippen LogP contribution in [-0.2, 0) is 11.2 Å². The van der Waals surface area contributed by atoms with Crippen LogP contribution in [0.2, 0.25) is 0 Å². The van der Waals surface area contributed by atoms with Crippen LogP contribution in [0.15, 0.2) is 23.5 Å². The molecule has 1 heterocycles. The molecule has 2 heteroatoms. The summed E-state index contributed by atoms with van der Waals surface area (Å²) in [5.41, 5.74) is 4.52. The van der Waals surface area contributed by atoms with Gasteiger partial charge in [-0.1, -0.05) is 51.3 Å². The summed E-state index contributed by atoms with van der Waals surface area (Å²) in [6.07, 6.45) is 5.02. The van der Waals surface area contributed by atoms with E-state index in [1.165, 1.54) is 24.0 Å². The van der Waals surface area contributed by atoms with Crippen molar-refractivity contribution in [1.82, 2.24) is 0 Å². The smallest absolute Gasteiger partial charge is 0.159 e. The summed E-state index contributed by atoms with van der Waals surface area (Å²) >= 11 is 0. The zero-order valence-electron chi connectivity index (χ0n) is 14.6. The molecule has 0 unspecified atom stereocenters. The fraction of sp³-hybridized carbons (Fsp3) is 0.550. The van der Waals surface area contributed by atoms with Gasteiger partial charge in [-0.05, 0) is 37.3 Å². The van der Waals surface area contributed by atoms with Gasteiger partial charge in [0, 0.05) is 18.4 Å². The van der Waals surface area contributed by atoms with E-state index < -0.39 is 0 Å². The molecule has 1 aromatic rings. The molecule has 0 N–H and O–H groups in total. The van der Waals surface area contributed by atoms with Gasteiger partial charge in [-0.3, -0.25) is 4.79 Å². The second kappa shape index (κ2) is 7.13. The van der Waals surface area contributed by atoms with E-state index in [-0.39, 0.29) is 5.78 Å². The molecule has 1 aliphatic heterocycles. The third-order valence-electron chi connectivity index (χ3n) is 4.32. The van der Waals surface area contributed by atoms with Crippen molar-refractivity contribution < 1.29 is 9.53 Å². The lowest BCUT2D eigenvalue weighted by molar-refractivity contribution is -0.113. The molecule has 22 heavy (non-hydrogen) atoms. The van der Waals surface area contributed by atoms with Crippen molar-refractivity contribution in [2.24, 2.45) is 0 Å². The van der Waals surface area contributed by atoms with Crippen LogP contribution in [0.5, 0.6) is 5.75 Å². The second-order valence-corrected chi connectivity index (χ2v) is 6.69. The van der Waals surface area contributed by atoms with E-state index in [1.807, 2.05) is 0 Å². The van der Waals surface area contributed by atoms with E-state index in [2.05, 4.69) is 39.8 Å². The van der Waals surface area contributed by atoms with Crippen LogP contribution in [0.4, 0.5) is 0 Å². The lowest BCUT2D eigenvalue weighted by Crippen LogP contribution is -2.17. The second-order valence-electron chi connectivity index (χ2n) is 6.69. The van der Waals surface area contributed by atoms with Crippen LogP contribution in [0.3, 0.4) is 0 Å². The van der Waals surface area contributed by atoms with Crippen molar-refractivity contribution in [3.63, 3.8) is 0 Å². The maximum atomic E-state index is 12.0. The molecule has 2 rings (SSSR count). The summed E-state index contributed by atoms with van der Waals surface area (Å²) in [5.74, 6) is 2.46. The van der Waals surface area contributed by atoms with Crippen LogP contribution < -0.4 is 4.74 Å². The Morgan fingerprint density at radius 1 is 1.27 bits per heavy atom. The number of Topliss-reactive ketones (excluding diaryl/α,β-unsaturated/α-hetero) is 1. The summed E-state index contributed by atoms with van der Waals surface area (Å²) in [6.45, 7) is 10.3. The molecule has 0 aromatic heterocycles. The lowest BCUT2D eigenvalue weighted by atomic mass is 9.90. The highest BCUT2D eigenvalue weighted by Gasteiger charge is 2.25. The maximum absolute atomic E-state index is 12.0. The van der Waals surface area contributed by atoms with Crippen molar-refractivity contribution in [2.45, 2.75) is 72.6 Å². The van der Waals surface area contributed by atoms with Gasteiger partial charge in [0.25, 0.3) is 0 Å². The number of aryl methyl sites for hydroxylation is 1. The summed E-state index contributed by atoms with van der Waals surface area (Å²) in [5, 5.41) is 0. The predicted octanol–water partition coefficient (Wildman–Crippen LogP) is 5.48. The number of ether oxygens (including phenoxy) is 1. The number of ketones is 1. The van der Waals surface area contributed by atoms with Crippen LogP contribution in [0.1, 0.15) is 76.0 Å². The SMILES string of the molecule is CCCCCC1=C(C(C)=O)Cc2cc(C)cc(C(C)C)c2O1. The zero-order chi connectivity index (χ0) is 16.3. The highest BCUT2D eigenvalue weighted by atomic mass is 16.5. The first-order chi connectivity index (χ1) is 10.4. The fourth-order valence-electron chi connectivity index (χ4n) is 3.10. The Morgan fingerprint density at radius 2 is 2.00 bits per heavy atom. The number of fused-ring (bicyclic) bond motifs is 1. The van der Waals surface area contributed by atoms with Crippen molar-refractivity contribution in [3.05, 3.63) is 40.2 Å². The van der Waals surface area contributed by atoms with Gasteiger partial charge < -0.3 is 4.74 Å². The number of carbonyl (C=O) groups is 1. The molecule has 2 nitrogen and oxygen atoms in total. The Hall–Kier alpha value is -1.57. The molecule has 0 bridgehead atoms. The third kappa shape index (κ3) is 3.60. The third-order valence-corrected chi connectivity index (χ3v) is 4.32. The van der Waals surface area contributed by atoms with Crippen molar-refractivity contribution >= 4 is 5.78 Å². The highest BCUT2D eigenvalue weighted by Crippen LogP contribution is 2.39. The summed E-state index contributed by atoms with van der Waals surface area (Å²) in [4.78, 5) is 12.0. The molecule has 0 atom stereocenters. The number of hydrogen-bond acceptors (Lipinski definition) is 2. The maximum Gasteiger partial charge on any atom is 0.159 e. The predicted molar refractivity (Wildman–Crippen MR) is 91.4 cm³/mol. The van der Waals surface area contributed by atoms with Gasteiger partial charge in [-0.25, -0.2) is 0 Å². The van der Waals surface area contributed by atoms with Gasteiger partial charge in [0.05, 0.1) is 0 Å². The van der Waals surface area contributed by atoms with Crippen LogP contribution in [-0.4, -0.2) is 5.78 Å². The quantitative estimate of drug-likeness (QED) is 0.650. The molecule has 1 aromatic carbocycles. The molecule has 0 saturated heterocycles. The molecule has 0 fully saturated rings. The van der Waals surface area contributed by atoms with E-state index in [9.17, 15) is 4.79 Å². The molecule has 0 amide bonds. The Balaban J connectivity index is 2.39. The first-order valence-corrected chi connectivity index (χ1v) is 8.48. The Kier molecular flexibility index (Phi) is 5.44. The van der Waals surface area contributed by atoms with E-state index in [0.29, 0.717) is 12.3 Å². The molecular formula is C20H28O2. The Labute approximate surface area is 134 Å². The average molecular weight is 300 g/mol. The number of allylic oxidation sites excluding steroid dienone is 2. The van der Waals surface area contributed by atoms with Gasteiger partial charge in [0.15, 0.2) is 5.78 Å². The van der Waals surface area contributed by atoms with Gasteiger partial charge >= 0.3 is 0 Å². The molecule has 120 valence electrons. The van der Waals surface area contributed by atoms with Crippen LogP contribution in [0, 0.1) is 6.92 Å². The number of hydrogen-bond donors (Lipinski definition) is 0. The monoisotopic (exact) mass is 300 g/mol. The molecular weight excluding hydrogens is 272 g/mol. The van der Waals surface area contributed by atoms with E-state index >= 15 is 0 Å². The molecule has 0 saturated carbocycles. The van der Waals surface area contributed by atoms with Crippen LogP contribution in [0.25, 0.3) is 0 Å². The van der Waals surface area contributed by atoms with Gasteiger partial charge in [-0.2, -0.15) is 0 Å². The number of benzene rings is 1. The van der Waals surface area contributed by atoms with Gasteiger partial charge in [0.2, 0.25) is 0 Å². The minimum Gasteiger partial charge on any atom is -0.461 e. The summed E-state index contributed by atoms with van der Waals surface area (Å²) in [6, 6.07) is 4.37. The molecule has 0 radical (unpaired) electrons. The first kappa shape index (κ1) is 16.8.